The molecule has 29 heavy (non-hydrogen) atoms. The maximum absolute atomic E-state index is 10.3. The zero-order valence-corrected chi connectivity index (χ0v) is 19.4. The van der Waals surface area contributed by atoms with Crippen molar-refractivity contribution in [3.63, 3.8) is 0 Å². The average Bonchev–Trinajstić information content (AvgIpc) is 3.04. The second kappa shape index (κ2) is 9.02. The predicted octanol–water partition coefficient (Wildman–Crippen LogP) is 2.02. The fourth-order valence-electron chi connectivity index (χ4n) is 7.02. The van der Waals surface area contributed by atoms with Gasteiger partial charge in [-0.15, -0.1) is 0 Å². The van der Waals surface area contributed by atoms with Crippen LogP contribution in [0.15, 0.2) is 34.3 Å². The van der Waals surface area contributed by atoms with Gasteiger partial charge in [-0.1, -0.05) is 24.3 Å². The summed E-state index contributed by atoms with van der Waals surface area (Å²) in [5.41, 5.74) is 3.75. The molecule has 0 radical (unpaired) electrons. The second-order valence-electron chi connectivity index (χ2n) is 9.95. The van der Waals surface area contributed by atoms with Gasteiger partial charge in [0, 0.05) is 5.56 Å². The number of hydrogen-bond donors (Lipinski definition) is 1. The minimum absolute atomic E-state index is 0. The van der Waals surface area contributed by atoms with Crippen molar-refractivity contribution in [2.45, 2.75) is 77.4 Å². The van der Waals surface area contributed by atoms with Gasteiger partial charge >= 0.3 is 36.2 Å². The van der Waals surface area contributed by atoms with E-state index in [9.17, 15) is 5.11 Å². The van der Waals surface area contributed by atoms with Gasteiger partial charge in [0.2, 0.25) is 0 Å². The van der Waals surface area contributed by atoms with Gasteiger partial charge in [-0.05, 0) is 93.9 Å². The third kappa shape index (κ3) is 4.49. The predicted molar refractivity (Wildman–Crippen MR) is 121 cm³/mol. The van der Waals surface area contributed by atoms with Crippen LogP contribution < -0.4 is 18.9 Å². The monoisotopic (exact) mass is 402 g/mol. The summed E-state index contributed by atoms with van der Waals surface area (Å²) in [5.74, 6) is 3.81. The Morgan fingerprint density at radius 2 is 1.69 bits per heavy atom. The quantitative estimate of drug-likeness (QED) is 0.753. The smallest absolute Gasteiger partial charge is 1.00 e. The zero-order chi connectivity index (χ0) is 18.6. The molecule has 5 heteroatoms. The third-order valence-electron chi connectivity index (χ3n) is 7.78. The summed E-state index contributed by atoms with van der Waals surface area (Å²) in [6.45, 7) is 3.95. The van der Waals surface area contributed by atoms with Crippen molar-refractivity contribution in [2.75, 3.05) is 0 Å². The van der Waals surface area contributed by atoms with Crippen molar-refractivity contribution >= 4 is 28.9 Å². The Balaban J connectivity index is 0. The summed E-state index contributed by atoms with van der Waals surface area (Å²) in [6.07, 6.45) is 10.6. The third-order valence-corrected chi connectivity index (χ3v) is 7.78. The molecule has 1 aromatic rings. The van der Waals surface area contributed by atoms with Crippen molar-refractivity contribution in [1.29, 1.82) is 0 Å². The van der Waals surface area contributed by atoms with E-state index in [1.54, 1.807) is 0 Å². The van der Waals surface area contributed by atoms with Crippen molar-refractivity contribution in [1.82, 2.24) is 0 Å². The van der Waals surface area contributed by atoms with E-state index in [1.807, 2.05) is 13.0 Å². The molecule has 0 spiro atoms. The molecule has 1 N–H and O–H groups in total. The van der Waals surface area contributed by atoms with Crippen LogP contribution in [0.1, 0.15) is 75.1 Å². The number of aliphatic imine (C=N–C) groups is 2. The maximum Gasteiger partial charge on any atom is 3.00 e. The molecule has 1 heterocycles. The van der Waals surface area contributed by atoms with Crippen molar-refractivity contribution in [3.05, 3.63) is 35.4 Å². The summed E-state index contributed by atoms with van der Waals surface area (Å²) in [7, 11) is 0. The minimum Gasteiger partial charge on any atom is -1.00 e. The van der Waals surface area contributed by atoms with Crippen molar-refractivity contribution in [2.24, 2.45) is 33.2 Å². The normalized spacial score (nSPS) is 35.4. The second-order valence-corrected chi connectivity index (χ2v) is 9.95. The summed E-state index contributed by atoms with van der Waals surface area (Å²) >= 11 is 0. The van der Waals surface area contributed by atoms with Gasteiger partial charge in [0.25, 0.3) is 0 Å². The van der Waals surface area contributed by atoms with E-state index in [0.717, 1.165) is 41.3 Å². The Morgan fingerprint density at radius 3 is 2.24 bits per heavy atom. The summed E-state index contributed by atoms with van der Waals surface area (Å²) in [6, 6.07) is 8.37. The molecule has 2 atom stereocenters. The van der Waals surface area contributed by atoms with Crippen molar-refractivity contribution in [3.8, 4) is 0 Å². The van der Waals surface area contributed by atoms with E-state index in [-0.39, 0.29) is 48.0 Å². The van der Waals surface area contributed by atoms with Gasteiger partial charge in [-0.25, -0.2) is 4.99 Å². The molecule has 1 aromatic carbocycles. The number of nitrogens with zero attached hydrogens (tertiary/aromatic N) is 2. The van der Waals surface area contributed by atoms with Crippen LogP contribution in [-0.2, 0) is 0 Å². The number of rotatable bonds is 5. The van der Waals surface area contributed by atoms with Crippen LogP contribution in [0.25, 0.3) is 0 Å². The molecule has 1 aliphatic heterocycles. The molecule has 4 saturated carbocycles. The van der Waals surface area contributed by atoms with E-state index in [2.05, 4.69) is 25.1 Å². The fraction of sp³-hybridized carbons (Fsp3) is 0.667. The van der Waals surface area contributed by atoms with Gasteiger partial charge in [-0.2, -0.15) is 0 Å². The van der Waals surface area contributed by atoms with Crippen LogP contribution in [-0.4, -0.2) is 46.2 Å². The number of aliphatic hydroxyl groups excluding tert-OH is 1. The van der Waals surface area contributed by atoms with E-state index >= 15 is 0 Å². The average molecular weight is 402 g/mol. The number of aryl methyl sites for hydroxylation is 1. The Morgan fingerprint density at radius 1 is 1.10 bits per heavy atom. The topological polar surface area (TPSA) is 45.0 Å². The minimum atomic E-state index is -0.517. The fourth-order valence-corrected chi connectivity index (χ4v) is 7.02. The van der Waals surface area contributed by atoms with E-state index in [1.165, 1.54) is 50.5 Å². The summed E-state index contributed by atoms with van der Waals surface area (Å²) in [4.78, 5) is 9.77. The van der Waals surface area contributed by atoms with Gasteiger partial charge in [-0.3, -0.25) is 4.99 Å². The zero-order valence-electron chi connectivity index (χ0n) is 22.3. The van der Waals surface area contributed by atoms with Crippen LogP contribution in [0.3, 0.4) is 0 Å². The Kier molecular flexibility index (Phi) is 7.25. The van der Waals surface area contributed by atoms with Crippen LogP contribution in [0.4, 0.5) is 0 Å². The van der Waals surface area contributed by atoms with Gasteiger partial charge in [0.15, 0.2) is 5.84 Å². The van der Waals surface area contributed by atoms with E-state index in [0.29, 0.717) is 5.41 Å². The van der Waals surface area contributed by atoms with Gasteiger partial charge < -0.3 is 10.8 Å². The number of aliphatic hydroxyl groups is 1. The van der Waals surface area contributed by atoms with Crippen LogP contribution in [0.5, 0.6) is 0 Å². The Bertz CT molecular complexity index is 786. The van der Waals surface area contributed by atoms with Crippen LogP contribution >= 0.6 is 0 Å². The summed E-state index contributed by atoms with van der Waals surface area (Å²) in [5, 5.41) is 10.3. The number of amidine groups is 1. The molecule has 4 aliphatic carbocycles. The van der Waals surface area contributed by atoms with E-state index in [4.69, 9.17) is 9.98 Å². The standard InChI is InChI=1S/C24H32N2O.Al.Li.4H/c1-15-5-3-4-6-20(15)23-25-21(22(26-23)16(2)27)7-8-24-12-17-9-18(13-24)11-19(10-17)14-24;;;;;;/h3-6,16-19,21,27H,7-14H2,1-2H3;;;;;;/q;+3;+1;4*-1. The molecule has 3 nitrogen and oxygen atoms in total. The molecule has 0 amide bonds. The first-order valence-electron chi connectivity index (χ1n) is 10.9. The SMILES string of the molecule is Cc1ccccc1C1=NC(CCC23CC4CC(CC(C4)C2)C3)C(C(C)O)=N1.[Al+3].[H-].[H-].[H-].[H-].[Li+]. The van der Waals surface area contributed by atoms with Crippen LogP contribution in [0.2, 0.25) is 0 Å². The first kappa shape index (κ1) is 23.3. The number of benzene rings is 1. The largest absolute Gasteiger partial charge is 3.00 e. The molecule has 4 fully saturated rings. The molecule has 2 unspecified atom stereocenters. The molecule has 6 rings (SSSR count). The summed E-state index contributed by atoms with van der Waals surface area (Å²) < 4.78 is 0. The Labute approximate surface area is 204 Å². The maximum atomic E-state index is 10.3. The van der Waals surface area contributed by atoms with Crippen molar-refractivity contribution < 1.29 is 29.7 Å². The molecule has 152 valence electrons. The Hall–Kier alpha value is -0.350. The van der Waals surface area contributed by atoms with E-state index < -0.39 is 6.10 Å². The molecule has 0 aromatic heterocycles. The molecule has 0 saturated heterocycles. The van der Waals surface area contributed by atoms with Gasteiger partial charge in [0.05, 0.1) is 17.9 Å². The first-order valence-corrected chi connectivity index (χ1v) is 10.9. The van der Waals surface area contributed by atoms with Gasteiger partial charge in [0.1, 0.15) is 0 Å². The molecular formula is C24H36AlLiN2O. The molecule has 4 bridgehead atoms. The van der Waals surface area contributed by atoms with Crippen LogP contribution in [0, 0.1) is 30.1 Å². The molecular weight excluding hydrogens is 366 g/mol. The first-order chi connectivity index (χ1) is 13.0. The molecule has 5 aliphatic rings. The number of hydrogen-bond acceptors (Lipinski definition) is 3.